The highest BCUT2D eigenvalue weighted by molar-refractivity contribution is 7.71. The van der Waals surface area contributed by atoms with Crippen LogP contribution in [0, 0.1) is 4.77 Å². The normalized spacial score (nSPS) is 10.5. The van der Waals surface area contributed by atoms with Crippen molar-refractivity contribution in [2.75, 3.05) is 12.4 Å². The minimum atomic E-state index is -0.129. The average molecular weight is 389 g/mol. The summed E-state index contributed by atoms with van der Waals surface area (Å²) in [5.41, 5.74) is 1.54. The van der Waals surface area contributed by atoms with Crippen LogP contribution in [-0.4, -0.2) is 27.8 Å². The molecule has 0 saturated carbocycles. The number of hydrogen-bond acceptors (Lipinski definition) is 4. The van der Waals surface area contributed by atoms with E-state index in [1.165, 1.54) is 0 Å². The van der Waals surface area contributed by atoms with Gasteiger partial charge in [-0.2, -0.15) is 5.10 Å². The Kier molecular flexibility index (Phi) is 5.70. The molecule has 0 fully saturated rings. The van der Waals surface area contributed by atoms with Gasteiger partial charge in [0.2, 0.25) is 5.91 Å². The Morgan fingerprint density at radius 1 is 1.31 bits per heavy atom. The SMILES string of the molecule is COc1ccc(-c2n[nH]c(=S)n2CCC(=O)Nc2cccc(Cl)c2)cc1. The number of amides is 1. The third kappa shape index (κ3) is 4.30. The molecular formula is C18H17ClN4O2S. The van der Waals surface area contributed by atoms with Gasteiger partial charge in [0.15, 0.2) is 10.6 Å². The molecule has 1 heterocycles. The fourth-order valence-corrected chi connectivity index (χ4v) is 2.90. The van der Waals surface area contributed by atoms with E-state index in [9.17, 15) is 4.79 Å². The monoisotopic (exact) mass is 388 g/mol. The highest BCUT2D eigenvalue weighted by Gasteiger charge is 2.11. The number of halogens is 1. The number of benzene rings is 2. The molecule has 3 rings (SSSR count). The van der Waals surface area contributed by atoms with Gasteiger partial charge >= 0.3 is 0 Å². The van der Waals surface area contributed by atoms with Crippen molar-refractivity contribution in [1.82, 2.24) is 14.8 Å². The van der Waals surface area contributed by atoms with Crippen molar-refractivity contribution in [3.05, 3.63) is 58.3 Å². The predicted octanol–water partition coefficient (Wildman–Crippen LogP) is 4.30. The van der Waals surface area contributed by atoms with Gasteiger partial charge in [-0.25, -0.2) is 0 Å². The number of nitrogens with one attached hydrogen (secondary N) is 2. The van der Waals surface area contributed by atoms with Crippen LogP contribution in [0.15, 0.2) is 48.5 Å². The molecule has 0 radical (unpaired) electrons. The number of aromatic amines is 1. The van der Waals surface area contributed by atoms with E-state index in [0.717, 1.165) is 11.3 Å². The first-order valence-corrected chi connectivity index (χ1v) is 8.70. The number of hydrogen-bond donors (Lipinski definition) is 2. The topological polar surface area (TPSA) is 71.9 Å². The van der Waals surface area contributed by atoms with Gasteiger partial charge in [-0.05, 0) is 54.7 Å². The lowest BCUT2D eigenvalue weighted by Crippen LogP contribution is -2.15. The second-order valence-corrected chi connectivity index (χ2v) is 6.36. The summed E-state index contributed by atoms with van der Waals surface area (Å²) < 4.78 is 7.43. The van der Waals surface area contributed by atoms with Crippen LogP contribution < -0.4 is 10.1 Å². The fourth-order valence-electron chi connectivity index (χ4n) is 2.49. The van der Waals surface area contributed by atoms with Crippen LogP contribution in [0.5, 0.6) is 5.75 Å². The zero-order chi connectivity index (χ0) is 18.5. The summed E-state index contributed by atoms with van der Waals surface area (Å²) in [4.78, 5) is 12.2. The lowest BCUT2D eigenvalue weighted by Gasteiger charge is -2.09. The van der Waals surface area contributed by atoms with E-state index in [1.54, 1.807) is 35.9 Å². The maximum absolute atomic E-state index is 12.2. The van der Waals surface area contributed by atoms with Crippen molar-refractivity contribution >= 4 is 35.4 Å². The fraction of sp³-hybridized carbons (Fsp3) is 0.167. The summed E-state index contributed by atoms with van der Waals surface area (Å²) in [6, 6.07) is 14.5. The highest BCUT2D eigenvalue weighted by Crippen LogP contribution is 2.21. The Morgan fingerprint density at radius 2 is 2.08 bits per heavy atom. The van der Waals surface area contributed by atoms with E-state index in [2.05, 4.69) is 15.5 Å². The molecule has 0 spiro atoms. The summed E-state index contributed by atoms with van der Waals surface area (Å²) in [7, 11) is 1.61. The Labute approximate surface area is 160 Å². The van der Waals surface area contributed by atoms with Crippen LogP contribution in [0.2, 0.25) is 5.02 Å². The minimum Gasteiger partial charge on any atom is -0.497 e. The van der Waals surface area contributed by atoms with Gasteiger partial charge in [0.1, 0.15) is 5.75 Å². The Morgan fingerprint density at radius 3 is 2.77 bits per heavy atom. The van der Waals surface area contributed by atoms with Crippen LogP contribution in [-0.2, 0) is 11.3 Å². The smallest absolute Gasteiger partial charge is 0.226 e. The van der Waals surface area contributed by atoms with Crippen LogP contribution >= 0.6 is 23.8 Å². The number of anilines is 1. The average Bonchev–Trinajstić information content (AvgIpc) is 3.00. The van der Waals surface area contributed by atoms with Crippen molar-refractivity contribution in [3.8, 4) is 17.1 Å². The van der Waals surface area contributed by atoms with Gasteiger partial charge in [0.05, 0.1) is 7.11 Å². The maximum Gasteiger partial charge on any atom is 0.226 e. The Balaban J connectivity index is 1.71. The summed E-state index contributed by atoms with van der Waals surface area (Å²) in [5.74, 6) is 1.31. The number of methoxy groups -OCH3 is 1. The van der Waals surface area contributed by atoms with Gasteiger partial charge in [0, 0.05) is 29.2 Å². The molecule has 6 nitrogen and oxygen atoms in total. The molecule has 2 N–H and O–H groups in total. The number of rotatable bonds is 6. The number of H-pyrrole nitrogens is 1. The second kappa shape index (κ2) is 8.16. The van der Waals surface area contributed by atoms with Crippen molar-refractivity contribution in [2.45, 2.75) is 13.0 Å². The molecule has 8 heteroatoms. The molecule has 1 aromatic heterocycles. The van der Waals surface area contributed by atoms with E-state index in [0.29, 0.717) is 27.9 Å². The van der Waals surface area contributed by atoms with Crippen molar-refractivity contribution in [3.63, 3.8) is 0 Å². The van der Waals surface area contributed by atoms with Crippen LogP contribution in [0.1, 0.15) is 6.42 Å². The molecule has 0 atom stereocenters. The molecule has 0 unspecified atom stereocenters. The quantitative estimate of drug-likeness (QED) is 0.617. The third-order valence-electron chi connectivity index (χ3n) is 3.78. The lowest BCUT2D eigenvalue weighted by molar-refractivity contribution is -0.116. The Hall–Kier alpha value is -2.64. The van der Waals surface area contributed by atoms with Crippen molar-refractivity contribution in [1.29, 1.82) is 0 Å². The zero-order valence-corrected chi connectivity index (χ0v) is 15.6. The molecule has 0 saturated heterocycles. The molecule has 0 aliphatic heterocycles. The second-order valence-electron chi connectivity index (χ2n) is 5.54. The van der Waals surface area contributed by atoms with E-state index < -0.39 is 0 Å². The van der Waals surface area contributed by atoms with Crippen molar-refractivity contribution in [2.24, 2.45) is 0 Å². The minimum absolute atomic E-state index is 0.129. The first-order chi connectivity index (χ1) is 12.6. The lowest BCUT2D eigenvalue weighted by atomic mass is 10.2. The third-order valence-corrected chi connectivity index (χ3v) is 4.32. The summed E-state index contributed by atoms with van der Waals surface area (Å²) >= 11 is 11.2. The number of carbonyl (C=O) groups excluding carboxylic acids is 1. The highest BCUT2D eigenvalue weighted by atomic mass is 35.5. The number of ether oxygens (including phenoxy) is 1. The van der Waals surface area contributed by atoms with E-state index >= 15 is 0 Å². The zero-order valence-electron chi connectivity index (χ0n) is 14.0. The maximum atomic E-state index is 12.2. The summed E-state index contributed by atoms with van der Waals surface area (Å²) in [6.07, 6.45) is 0.253. The Bertz CT molecular complexity index is 966. The largest absolute Gasteiger partial charge is 0.497 e. The number of nitrogens with zero attached hydrogens (tertiary/aromatic N) is 2. The van der Waals surface area contributed by atoms with Crippen LogP contribution in [0.4, 0.5) is 5.69 Å². The summed E-state index contributed by atoms with van der Waals surface area (Å²) in [5, 5.41) is 10.4. The standard InChI is InChI=1S/C18H17ClN4O2S/c1-25-15-7-5-12(6-8-15)17-21-22-18(26)23(17)10-9-16(24)20-14-4-2-3-13(19)11-14/h2-8,11H,9-10H2,1H3,(H,20,24)(H,22,26). The number of carbonyl (C=O) groups is 1. The van der Waals surface area contributed by atoms with E-state index in [1.807, 2.05) is 24.3 Å². The first-order valence-electron chi connectivity index (χ1n) is 7.92. The van der Waals surface area contributed by atoms with Crippen LogP contribution in [0.25, 0.3) is 11.4 Å². The molecule has 26 heavy (non-hydrogen) atoms. The van der Waals surface area contributed by atoms with Crippen molar-refractivity contribution < 1.29 is 9.53 Å². The van der Waals surface area contributed by atoms with Gasteiger partial charge in [-0.1, -0.05) is 17.7 Å². The van der Waals surface area contributed by atoms with Gasteiger partial charge in [-0.15, -0.1) is 0 Å². The molecule has 3 aromatic rings. The van der Waals surface area contributed by atoms with Gasteiger partial charge in [0.25, 0.3) is 0 Å². The molecule has 1 amide bonds. The first kappa shape index (κ1) is 18.2. The molecule has 134 valence electrons. The molecular weight excluding hydrogens is 372 g/mol. The van der Waals surface area contributed by atoms with Crippen LogP contribution in [0.3, 0.4) is 0 Å². The van der Waals surface area contributed by atoms with Gasteiger partial charge in [-0.3, -0.25) is 14.5 Å². The predicted molar refractivity (Wildman–Crippen MR) is 104 cm³/mol. The van der Waals surface area contributed by atoms with Gasteiger partial charge < -0.3 is 10.1 Å². The number of aromatic nitrogens is 3. The molecule has 2 aromatic carbocycles. The summed E-state index contributed by atoms with van der Waals surface area (Å²) in [6.45, 7) is 0.406. The molecule has 0 aliphatic carbocycles. The van der Waals surface area contributed by atoms with E-state index in [4.69, 9.17) is 28.6 Å². The van der Waals surface area contributed by atoms with E-state index in [-0.39, 0.29) is 12.3 Å². The molecule has 0 aliphatic rings. The molecule has 0 bridgehead atoms.